The van der Waals surface area contributed by atoms with Gasteiger partial charge in [-0.25, -0.2) is 0 Å². The monoisotopic (exact) mass is 226 g/mol. The summed E-state index contributed by atoms with van der Waals surface area (Å²) < 4.78 is 11.1. The third kappa shape index (κ3) is 4.03. The Bertz CT molecular complexity index is 386. The van der Waals surface area contributed by atoms with Gasteiger partial charge in [0, 0.05) is 16.4 Å². The standard InChI is InChI=1S/C10H10O4S/c11-9(6-15(14)7-10(12)13)8-4-2-1-3-5-8/h1-5H,6-7H2,(H,12,13). The van der Waals surface area contributed by atoms with Crippen LogP contribution in [0.1, 0.15) is 10.4 Å². The highest BCUT2D eigenvalue weighted by Crippen LogP contribution is 2.01. The third-order valence-corrected chi connectivity index (χ3v) is 2.83. The van der Waals surface area contributed by atoms with Crippen LogP contribution in [0.5, 0.6) is 0 Å². The summed E-state index contributed by atoms with van der Waals surface area (Å²) in [6.07, 6.45) is 0. The SMILES string of the molecule is O=C(O)CS(=O)CC(=O)c1ccccc1. The number of ketones is 1. The molecule has 0 amide bonds. The minimum Gasteiger partial charge on any atom is -0.481 e. The zero-order chi connectivity index (χ0) is 11.3. The van der Waals surface area contributed by atoms with Crippen molar-refractivity contribution in [2.75, 3.05) is 11.5 Å². The van der Waals surface area contributed by atoms with E-state index in [0.717, 1.165) is 0 Å². The lowest BCUT2D eigenvalue weighted by molar-refractivity contribution is -0.133. The van der Waals surface area contributed by atoms with Crippen LogP contribution in [0.4, 0.5) is 0 Å². The van der Waals surface area contributed by atoms with Gasteiger partial charge in [-0.1, -0.05) is 30.3 Å². The maximum Gasteiger partial charge on any atom is 0.316 e. The van der Waals surface area contributed by atoms with Gasteiger partial charge in [-0.3, -0.25) is 13.8 Å². The Morgan fingerprint density at radius 3 is 2.27 bits per heavy atom. The molecule has 4 nitrogen and oxygen atoms in total. The van der Waals surface area contributed by atoms with Crippen LogP contribution in [0.2, 0.25) is 0 Å². The first-order valence-corrected chi connectivity index (χ1v) is 5.73. The maximum absolute atomic E-state index is 11.5. The summed E-state index contributed by atoms with van der Waals surface area (Å²) in [5.74, 6) is -2.18. The smallest absolute Gasteiger partial charge is 0.316 e. The van der Waals surface area contributed by atoms with E-state index in [4.69, 9.17) is 5.11 Å². The molecule has 0 aliphatic carbocycles. The molecule has 0 saturated carbocycles. The van der Waals surface area contributed by atoms with E-state index >= 15 is 0 Å². The zero-order valence-electron chi connectivity index (χ0n) is 7.88. The lowest BCUT2D eigenvalue weighted by Crippen LogP contribution is -2.17. The van der Waals surface area contributed by atoms with E-state index in [1.54, 1.807) is 30.3 Å². The largest absolute Gasteiger partial charge is 0.481 e. The van der Waals surface area contributed by atoms with Crippen molar-refractivity contribution in [1.29, 1.82) is 0 Å². The fourth-order valence-electron chi connectivity index (χ4n) is 1.04. The van der Waals surface area contributed by atoms with Gasteiger partial charge in [0.15, 0.2) is 5.78 Å². The number of carbonyl (C=O) groups is 2. The van der Waals surface area contributed by atoms with Gasteiger partial charge in [0.2, 0.25) is 0 Å². The highest BCUT2D eigenvalue weighted by Gasteiger charge is 2.12. The Hall–Kier alpha value is -1.49. The fourth-order valence-corrected chi connectivity index (χ4v) is 1.88. The minimum absolute atomic E-state index is 0.240. The Balaban J connectivity index is 2.57. The van der Waals surface area contributed by atoms with Crippen LogP contribution < -0.4 is 0 Å². The van der Waals surface area contributed by atoms with Crippen molar-refractivity contribution in [2.45, 2.75) is 0 Å². The zero-order valence-corrected chi connectivity index (χ0v) is 8.70. The molecular formula is C10H10O4S. The topological polar surface area (TPSA) is 71.4 Å². The summed E-state index contributed by atoms with van der Waals surface area (Å²) in [6, 6.07) is 8.40. The van der Waals surface area contributed by atoms with E-state index < -0.39 is 22.5 Å². The number of rotatable bonds is 5. The second-order valence-electron chi connectivity index (χ2n) is 2.91. The molecule has 0 spiro atoms. The summed E-state index contributed by atoms with van der Waals surface area (Å²) in [5.41, 5.74) is 0.455. The number of carbonyl (C=O) groups excluding carboxylic acids is 1. The quantitative estimate of drug-likeness (QED) is 0.750. The van der Waals surface area contributed by atoms with E-state index in [9.17, 15) is 13.8 Å². The van der Waals surface area contributed by atoms with Gasteiger partial charge in [0.25, 0.3) is 0 Å². The van der Waals surface area contributed by atoms with Crippen molar-refractivity contribution in [1.82, 2.24) is 0 Å². The van der Waals surface area contributed by atoms with Crippen LogP contribution in [0.25, 0.3) is 0 Å². The molecule has 0 aliphatic rings. The second-order valence-corrected chi connectivity index (χ2v) is 4.37. The first-order valence-electron chi connectivity index (χ1n) is 4.24. The van der Waals surface area contributed by atoms with Crippen molar-refractivity contribution in [2.24, 2.45) is 0 Å². The average Bonchev–Trinajstić information content (AvgIpc) is 2.17. The molecule has 0 fully saturated rings. The Kier molecular flexibility index (Phi) is 4.17. The molecule has 0 aliphatic heterocycles. The van der Waals surface area contributed by atoms with Crippen LogP contribution in [0.3, 0.4) is 0 Å². The second kappa shape index (κ2) is 5.41. The molecule has 1 unspecified atom stereocenters. The van der Waals surface area contributed by atoms with E-state index in [0.29, 0.717) is 5.56 Å². The molecule has 1 N–H and O–H groups in total. The normalized spacial score (nSPS) is 12.0. The molecule has 0 heterocycles. The third-order valence-electron chi connectivity index (χ3n) is 1.67. The summed E-state index contributed by atoms with van der Waals surface area (Å²) >= 11 is 0. The van der Waals surface area contributed by atoms with Crippen LogP contribution in [-0.4, -0.2) is 32.6 Å². The first-order chi connectivity index (χ1) is 7.09. The summed E-state index contributed by atoms with van der Waals surface area (Å²) in [6.45, 7) is 0. The molecule has 0 aromatic heterocycles. The van der Waals surface area contributed by atoms with Crippen LogP contribution >= 0.6 is 0 Å². The van der Waals surface area contributed by atoms with Gasteiger partial charge in [-0.2, -0.15) is 0 Å². The summed E-state index contributed by atoms with van der Waals surface area (Å²) in [4.78, 5) is 21.7. The minimum atomic E-state index is -1.63. The number of carboxylic acid groups (broad SMARTS) is 1. The number of carboxylic acids is 1. The van der Waals surface area contributed by atoms with Crippen molar-refractivity contribution >= 4 is 22.6 Å². The Morgan fingerprint density at radius 2 is 1.73 bits per heavy atom. The molecule has 1 atom stereocenters. The molecule has 0 bridgehead atoms. The predicted molar refractivity (Wildman–Crippen MR) is 56.3 cm³/mol. The van der Waals surface area contributed by atoms with Gasteiger partial charge in [-0.05, 0) is 0 Å². The van der Waals surface area contributed by atoms with Gasteiger partial charge < -0.3 is 5.11 Å². The molecular weight excluding hydrogens is 216 g/mol. The Morgan fingerprint density at radius 1 is 1.13 bits per heavy atom. The average molecular weight is 226 g/mol. The molecule has 0 radical (unpaired) electrons. The van der Waals surface area contributed by atoms with Crippen LogP contribution in [-0.2, 0) is 15.6 Å². The van der Waals surface area contributed by atoms with Gasteiger partial charge in [0.05, 0.1) is 5.75 Å². The number of hydrogen-bond acceptors (Lipinski definition) is 3. The number of Topliss-reactive ketones (excluding diaryl/α,β-unsaturated/α-hetero) is 1. The number of hydrogen-bond donors (Lipinski definition) is 1. The summed E-state index contributed by atoms with van der Waals surface area (Å²) in [5, 5.41) is 8.36. The molecule has 5 heteroatoms. The van der Waals surface area contributed by atoms with Crippen molar-refractivity contribution in [3.05, 3.63) is 35.9 Å². The summed E-state index contributed by atoms with van der Waals surface area (Å²) in [7, 11) is -1.63. The van der Waals surface area contributed by atoms with Crippen molar-refractivity contribution in [3.63, 3.8) is 0 Å². The van der Waals surface area contributed by atoms with Crippen molar-refractivity contribution in [3.8, 4) is 0 Å². The highest BCUT2D eigenvalue weighted by atomic mass is 32.2. The molecule has 1 aromatic carbocycles. The van der Waals surface area contributed by atoms with Gasteiger partial charge >= 0.3 is 5.97 Å². The maximum atomic E-state index is 11.5. The molecule has 0 saturated heterocycles. The van der Waals surface area contributed by atoms with E-state index in [2.05, 4.69) is 0 Å². The number of benzene rings is 1. The number of aliphatic carboxylic acids is 1. The molecule has 80 valence electrons. The van der Waals surface area contributed by atoms with Crippen LogP contribution in [0, 0.1) is 0 Å². The first kappa shape index (κ1) is 11.6. The lowest BCUT2D eigenvalue weighted by Gasteiger charge is -1.99. The van der Waals surface area contributed by atoms with Crippen molar-refractivity contribution < 1.29 is 18.9 Å². The molecule has 1 rings (SSSR count). The van der Waals surface area contributed by atoms with Gasteiger partial charge in [-0.15, -0.1) is 0 Å². The van der Waals surface area contributed by atoms with Gasteiger partial charge in [0.1, 0.15) is 5.75 Å². The highest BCUT2D eigenvalue weighted by molar-refractivity contribution is 7.86. The Labute approximate surface area is 89.4 Å². The molecule has 15 heavy (non-hydrogen) atoms. The van der Waals surface area contributed by atoms with E-state index in [1.165, 1.54) is 0 Å². The predicted octanol–water partition coefficient (Wildman–Crippen LogP) is 0.703. The van der Waals surface area contributed by atoms with E-state index in [1.807, 2.05) is 0 Å². The van der Waals surface area contributed by atoms with Crippen LogP contribution in [0.15, 0.2) is 30.3 Å². The molecule has 1 aromatic rings. The fraction of sp³-hybridized carbons (Fsp3) is 0.200. The lowest BCUT2D eigenvalue weighted by atomic mass is 10.2. The van der Waals surface area contributed by atoms with E-state index in [-0.39, 0.29) is 11.5 Å².